The molecule has 0 aromatic heterocycles. The Labute approximate surface area is 153 Å². The normalized spacial score (nSPS) is 26.6. The van der Waals surface area contributed by atoms with Gasteiger partial charge in [0, 0.05) is 18.1 Å². The van der Waals surface area contributed by atoms with Crippen LogP contribution in [0.15, 0.2) is 12.1 Å². The number of hydroxylamine groups is 4. The Bertz CT molecular complexity index is 650. The first-order valence-electron chi connectivity index (χ1n) is 8.47. The predicted molar refractivity (Wildman–Crippen MR) is 94.1 cm³/mol. The second kappa shape index (κ2) is 6.85. The molecule has 2 atom stereocenters. The van der Waals surface area contributed by atoms with Crippen molar-refractivity contribution in [2.45, 2.75) is 44.2 Å². The Morgan fingerprint density at radius 1 is 1.16 bits per heavy atom. The van der Waals surface area contributed by atoms with E-state index in [4.69, 9.17) is 21.3 Å². The van der Waals surface area contributed by atoms with Gasteiger partial charge >= 0.3 is 0 Å². The van der Waals surface area contributed by atoms with Crippen LogP contribution in [0.4, 0.5) is 0 Å². The highest BCUT2D eigenvalue weighted by atomic mass is 35.5. The molecular formula is C18H25ClN2O4. The first kappa shape index (κ1) is 18.6. The number of rotatable bonds is 3. The van der Waals surface area contributed by atoms with Crippen molar-refractivity contribution in [3.8, 4) is 0 Å². The zero-order chi connectivity index (χ0) is 18.4. The van der Waals surface area contributed by atoms with Crippen molar-refractivity contribution in [3.63, 3.8) is 0 Å². The second-order valence-corrected chi connectivity index (χ2v) is 7.34. The molecule has 1 aromatic rings. The monoisotopic (exact) mass is 368 g/mol. The lowest BCUT2D eigenvalue weighted by molar-refractivity contribution is -0.232. The van der Waals surface area contributed by atoms with Crippen LogP contribution >= 0.6 is 11.6 Å². The molecule has 1 amide bonds. The van der Waals surface area contributed by atoms with E-state index in [0.29, 0.717) is 31.0 Å². The Kier molecular flexibility index (Phi) is 5.10. The van der Waals surface area contributed by atoms with Gasteiger partial charge in [0.05, 0.1) is 31.8 Å². The maximum Gasteiger partial charge on any atom is 0.257 e. The fourth-order valence-electron chi connectivity index (χ4n) is 4.43. The number of carbonyl (C=O) groups excluding carboxylic acids is 1. The van der Waals surface area contributed by atoms with E-state index in [-0.39, 0.29) is 5.91 Å². The number of benzene rings is 1. The fraction of sp³-hybridized carbons (Fsp3) is 0.611. The van der Waals surface area contributed by atoms with Crippen LogP contribution in [0.3, 0.4) is 0 Å². The Morgan fingerprint density at radius 3 is 2.20 bits per heavy atom. The molecule has 2 aliphatic heterocycles. The number of aryl methyl sites for hydroxylation is 2. The molecule has 25 heavy (non-hydrogen) atoms. The van der Waals surface area contributed by atoms with Crippen molar-refractivity contribution in [2.75, 3.05) is 27.3 Å². The van der Waals surface area contributed by atoms with Crippen molar-refractivity contribution < 1.29 is 19.6 Å². The molecule has 138 valence electrons. The van der Waals surface area contributed by atoms with E-state index in [1.54, 1.807) is 7.11 Å². The standard InChI is InChI=1S/C18H25ClN2O4/c1-11-9-13(19)10-12(2)14(11)15-16(22)18(21(25-4)17(15)23)5-7-20(24-3)8-6-18/h9-10,15-16,22H,5-8H2,1-4H3. The summed E-state index contributed by atoms with van der Waals surface area (Å²) in [7, 11) is 3.12. The van der Waals surface area contributed by atoms with Crippen LogP contribution in [0.1, 0.15) is 35.4 Å². The van der Waals surface area contributed by atoms with Gasteiger partial charge < -0.3 is 9.94 Å². The highest BCUT2D eigenvalue weighted by Gasteiger charge is 2.60. The molecule has 2 aliphatic rings. The number of hydrogen-bond acceptors (Lipinski definition) is 5. The van der Waals surface area contributed by atoms with Gasteiger partial charge in [-0.25, -0.2) is 5.06 Å². The molecule has 0 radical (unpaired) electrons. The van der Waals surface area contributed by atoms with Crippen molar-refractivity contribution >= 4 is 17.5 Å². The minimum Gasteiger partial charge on any atom is -0.389 e. The first-order valence-corrected chi connectivity index (χ1v) is 8.85. The summed E-state index contributed by atoms with van der Waals surface area (Å²) in [6.07, 6.45) is 0.325. The van der Waals surface area contributed by atoms with Gasteiger partial charge in [-0.2, -0.15) is 5.06 Å². The minimum atomic E-state index is -0.850. The van der Waals surface area contributed by atoms with Crippen molar-refractivity contribution in [1.82, 2.24) is 10.1 Å². The maximum absolute atomic E-state index is 13.1. The van der Waals surface area contributed by atoms with Crippen LogP contribution in [0, 0.1) is 13.8 Å². The summed E-state index contributed by atoms with van der Waals surface area (Å²) in [6, 6.07) is 3.67. The maximum atomic E-state index is 13.1. The predicted octanol–water partition coefficient (Wildman–Crippen LogP) is 2.20. The van der Waals surface area contributed by atoms with Crippen LogP contribution in [-0.2, 0) is 14.5 Å². The number of halogens is 1. The zero-order valence-electron chi connectivity index (χ0n) is 15.1. The van der Waals surface area contributed by atoms with Gasteiger partial charge in [0.25, 0.3) is 5.91 Å². The molecule has 0 saturated carbocycles. The van der Waals surface area contributed by atoms with Crippen LogP contribution in [0.2, 0.25) is 5.02 Å². The van der Waals surface area contributed by atoms with E-state index < -0.39 is 17.6 Å². The quantitative estimate of drug-likeness (QED) is 0.886. The average molecular weight is 369 g/mol. The summed E-state index contributed by atoms with van der Waals surface area (Å²) in [4.78, 5) is 23.9. The molecule has 1 spiro atoms. The van der Waals surface area contributed by atoms with Crippen molar-refractivity contribution in [2.24, 2.45) is 0 Å². The van der Waals surface area contributed by atoms with E-state index >= 15 is 0 Å². The van der Waals surface area contributed by atoms with E-state index in [9.17, 15) is 9.90 Å². The SMILES string of the molecule is CON1CCC2(CC1)C(O)C(c1c(C)cc(Cl)cc1C)C(=O)N2OC. The summed E-state index contributed by atoms with van der Waals surface area (Å²) in [6.45, 7) is 5.10. The number of nitrogens with zero attached hydrogens (tertiary/aromatic N) is 2. The van der Waals surface area contributed by atoms with Crippen LogP contribution < -0.4 is 0 Å². The van der Waals surface area contributed by atoms with Crippen LogP contribution in [-0.4, -0.2) is 60.1 Å². The van der Waals surface area contributed by atoms with E-state index in [2.05, 4.69) is 0 Å². The summed E-state index contributed by atoms with van der Waals surface area (Å²) in [5, 5.41) is 15.1. The molecule has 2 heterocycles. The minimum absolute atomic E-state index is 0.200. The average Bonchev–Trinajstić information content (AvgIpc) is 2.76. The van der Waals surface area contributed by atoms with E-state index in [1.807, 2.05) is 31.0 Å². The molecule has 0 bridgehead atoms. The lowest BCUT2D eigenvalue weighted by Gasteiger charge is -2.44. The van der Waals surface area contributed by atoms with Gasteiger partial charge in [0.2, 0.25) is 0 Å². The van der Waals surface area contributed by atoms with Gasteiger partial charge in [0.1, 0.15) is 0 Å². The van der Waals surface area contributed by atoms with E-state index in [1.165, 1.54) is 12.2 Å². The Balaban J connectivity index is 2.02. The first-order chi connectivity index (χ1) is 11.9. The smallest absolute Gasteiger partial charge is 0.257 e. The topological polar surface area (TPSA) is 62.2 Å². The van der Waals surface area contributed by atoms with Crippen molar-refractivity contribution in [1.29, 1.82) is 0 Å². The fourth-order valence-corrected chi connectivity index (χ4v) is 4.76. The highest BCUT2D eigenvalue weighted by molar-refractivity contribution is 6.30. The van der Waals surface area contributed by atoms with E-state index in [0.717, 1.165) is 16.7 Å². The molecule has 0 aliphatic carbocycles. The molecule has 1 N–H and O–H groups in total. The molecule has 6 nitrogen and oxygen atoms in total. The zero-order valence-corrected chi connectivity index (χ0v) is 15.8. The summed E-state index contributed by atoms with van der Waals surface area (Å²) in [5.41, 5.74) is 1.92. The largest absolute Gasteiger partial charge is 0.389 e. The van der Waals surface area contributed by atoms with Gasteiger partial charge in [0.15, 0.2) is 0 Å². The lowest BCUT2D eigenvalue weighted by Crippen LogP contribution is -2.57. The molecule has 3 rings (SSSR count). The number of aliphatic hydroxyl groups excluding tert-OH is 1. The third-order valence-electron chi connectivity index (χ3n) is 5.64. The summed E-state index contributed by atoms with van der Waals surface area (Å²) >= 11 is 6.13. The van der Waals surface area contributed by atoms with Crippen LogP contribution in [0.5, 0.6) is 0 Å². The number of piperidine rings is 1. The molecule has 7 heteroatoms. The lowest BCUT2D eigenvalue weighted by atomic mass is 9.77. The third kappa shape index (κ3) is 2.86. The summed E-state index contributed by atoms with van der Waals surface area (Å²) < 4.78 is 0. The number of aliphatic hydroxyl groups is 1. The molecule has 2 saturated heterocycles. The molecule has 2 fully saturated rings. The Morgan fingerprint density at radius 2 is 1.72 bits per heavy atom. The molecule has 1 aromatic carbocycles. The Hall–Kier alpha value is -1.18. The van der Waals surface area contributed by atoms with Gasteiger partial charge in [-0.05, 0) is 55.5 Å². The number of hydrogen-bond donors (Lipinski definition) is 1. The molecular weight excluding hydrogens is 344 g/mol. The van der Waals surface area contributed by atoms with Gasteiger partial charge in [-0.15, -0.1) is 0 Å². The van der Waals surface area contributed by atoms with Gasteiger partial charge in [-0.1, -0.05) is 11.6 Å². The number of carbonyl (C=O) groups is 1. The molecule has 2 unspecified atom stereocenters. The number of amides is 1. The summed E-state index contributed by atoms with van der Waals surface area (Å²) in [5.74, 6) is -0.847. The van der Waals surface area contributed by atoms with Crippen molar-refractivity contribution in [3.05, 3.63) is 33.8 Å². The van der Waals surface area contributed by atoms with Gasteiger partial charge in [-0.3, -0.25) is 9.63 Å². The van der Waals surface area contributed by atoms with Crippen LogP contribution in [0.25, 0.3) is 0 Å². The third-order valence-corrected chi connectivity index (χ3v) is 5.85. The second-order valence-electron chi connectivity index (χ2n) is 6.91. The highest BCUT2D eigenvalue weighted by Crippen LogP contribution is 2.47.